The fraction of sp³-hybridized carbons (Fsp3) is 0.441. The maximum atomic E-state index is 14.2. The number of para-hydroxylation sites is 1. The molecule has 0 bridgehead atoms. The molecule has 1 aliphatic heterocycles. The first-order valence-electron chi connectivity index (χ1n) is 15.3. The summed E-state index contributed by atoms with van der Waals surface area (Å²) >= 11 is 1.30. The second-order valence-corrected chi connectivity index (χ2v) is 14.4. The Labute approximate surface area is 260 Å². The molecule has 0 radical (unpaired) electrons. The number of rotatable bonds is 9. The van der Waals surface area contributed by atoms with Crippen LogP contribution < -0.4 is 10.6 Å². The fourth-order valence-corrected chi connectivity index (χ4v) is 7.89. The molecule has 0 unspecified atom stereocenters. The summed E-state index contributed by atoms with van der Waals surface area (Å²) in [6.45, 7) is 12.3. The Bertz CT molecular complexity index is 1760. The highest BCUT2D eigenvalue weighted by Gasteiger charge is 2.69. The van der Waals surface area contributed by atoms with Crippen molar-refractivity contribution in [2.24, 2.45) is 23.2 Å². The number of piperidine rings is 1. The quantitative estimate of drug-likeness (QED) is 0.227. The van der Waals surface area contributed by atoms with Crippen LogP contribution in [-0.2, 0) is 9.59 Å². The molecule has 2 aliphatic rings. The van der Waals surface area contributed by atoms with Crippen LogP contribution in [0.2, 0.25) is 0 Å². The maximum absolute atomic E-state index is 14.2. The molecule has 1 saturated carbocycles. The maximum Gasteiger partial charge on any atom is 0.268 e. The van der Waals surface area contributed by atoms with Gasteiger partial charge in [0.05, 0.1) is 16.3 Å². The van der Waals surface area contributed by atoms with Crippen LogP contribution in [0.1, 0.15) is 66.9 Å². The lowest BCUT2D eigenvalue weighted by molar-refractivity contribution is -0.142. The first-order valence-corrected chi connectivity index (χ1v) is 16.1. The smallest absolute Gasteiger partial charge is 0.268 e. The minimum absolute atomic E-state index is 0.0247. The van der Waals surface area contributed by atoms with Crippen LogP contribution in [0.3, 0.4) is 0 Å². The number of aromatic nitrogens is 2. The number of aryl methyl sites for hydroxylation is 1. The summed E-state index contributed by atoms with van der Waals surface area (Å²) in [5.41, 5.74) is 2.94. The van der Waals surface area contributed by atoms with Crippen LogP contribution in [0.25, 0.3) is 21.1 Å². The van der Waals surface area contributed by atoms with Crippen molar-refractivity contribution >= 4 is 56.0 Å². The molecule has 3 heterocycles. The van der Waals surface area contributed by atoms with Crippen molar-refractivity contribution in [3.05, 3.63) is 64.8 Å². The van der Waals surface area contributed by atoms with Gasteiger partial charge in [0, 0.05) is 17.4 Å². The van der Waals surface area contributed by atoms with Crippen molar-refractivity contribution in [3.8, 4) is 0 Å². The van der Waals surface area contributed by atoms with Gasteiger partial charge in [-0.1, -0.05) is 52.0 Å². The number of hydrogen-bond donors (Lipinski definition) is 3. The second-order valence-electron chi connectivity index (χ2n) is 13.3. The number of benzene rings is 2. The third kappa shape index (κ3) is 5.29. The van der Waals surface area contributed by atoms with E-state index in [2.05, 4.69) is 34.4 Å². The van der Waals surface area contributed by atoms with Gasteiger partial charge in [-0.25, -0.2) is 4.98 Å². The highest BCUT2D eigenvalue weighted by Crippen LogP contribution is 2.65. The van der Waals surface area contributed by atoms with Gasteiger partial charge in [0.25, 0.3) is 5.91 Å². The minimum atomic E-state index is -0.808. The van der Waals surface area contributed by atoms with Crippen LogP contribution in [0.4, 0.5) is 0 Å². The molecule has 3 N–H and O–H groups in total. The number of hydrogen-bond acceptors (Lipinski definition) is 6. The van der Waals surface area contributed by atoms with Crippen LogP contribution in [0.5, 0.6) is 0 Å². The van der Waals surface area contributed by atoms with Gasteiger partial charge >= 0.3 is 0 Å². The molecule has 5 atom stereocenters. The Morgan fingerprint density at radius 1 is 1.07 bits per heavy atom. The molecular weight excluding hydrogens is 574 g/mol. The summed E-state index contributed by atoms with van der Waals surface area (Å²) in [6.07, 6.45) is 0.430. The standard InChI is InChI=1S/C34H39N5O4S/c1-17(2)14-25(37-30(41)24-15-20-18(3)10-9-12-22(20)36-24)33(43)39-16-21-27(34(21,5)6)28(39)31(42)35-19(4)29(40)32-38-23-11-7-8-13-26(23)44-32/h7-13,15,17,19,21,25,27-28,36H,14,16H2,1-6H3,(H,35,42)(H,37,41)/t19-,21-,25-,27-,28-/m0/s1. The molecule has 230 valence electrons. The predicted octanol–water partition coefficient (Wildman–Crippen LogP) is 5.10. The average Bonchev–Trinajstić information content (AvgIpc) is 3.51. The van der Waals surface area contributed by atoms with E-state index < -0.39 is 18.1 Å². The molecule has 0 spiro atoms. The van der Waals surface area contributed by atoms with Gasteiger partial charge in [0.2, 0.25) is 17.6 Å². The number of amides is 3. The Kier molecular flexibility index (Phi) is 7.60. The van der Waals surface area contributed by atoms with Gasteiger partial charge in [0.1, 0.15) is 17.8 Å². The normalized spacial score (nSPS) is 21.7. The summed E-state index contributed by atoms with van der Waals surface area (Å²) in [5.74, 6) is -0.970. The topological polar surface area (TPSA) is 124 Å². The molecule has 44 heavy (non-hydrogen) atoms. The van der Waals surface area contributed by atoms with Gasteiger partial charge in [-0.3, -0.25) is 19.2 Å². The van der Waals surface area contributed by atoms with Gasteiger partial charge in [-0.15, -0.1) is 11.3 Å². The Morgan fingerprint density at radius 2 is 1.82 bits per heavy atom. The molecule has 3 amide bonds. The molecule has 2 fully saturated rings. The zero-order chi connectivity index (χ0) is 31.5. The third-order valence-corrected chi connectivity index (χ3v) is 10.5. The van der Waals surface area contributed by atoms with Crippen LogP contribution in [-0.4, -0.2) is 63.0 Å². The number of H-pyrrole nitrogens is 1. The first-order chi connectivity index (χ1) is 20.9. The highest BCUT2D eigenvalue weighted by molar-refractivity contribution is 7.20. The molecule has 1 aliphatic carbocycles. The Morgan fingerprint density at radius 3 is 2.52 bits per heavy atom. The SMILES string of the molecule is Cc1cccc2[nH]c(C(=O)N[C@@H](CC(C)C)C(=O)N3C[C@H]4[C@@H]([C@H]3C(=O)N[C@@H](C)C(=O)c3nc5ccccc5s3)C4(C)C)cc12. The van der Waals surface area contributed by atoms with E-state index in [4.69, 9.17) is 0 Å². The lowest BCUT2D eigenvalue weighted by atomic mass is 9.97. The van der Waals surface area contributed by atoms with E-state index in [1.165, 1.54) is 11.3 Å². The monoisotopic (exact) mass is 613 g/mol. The zero-order valence-corrected chi connectivity index (χ0v) is 26.7. The van der Waals surface area contributed by atoms with Gasteiger partial charge < -0.3 is 20.5 Å². The predicted molar refractivity (Wildman–Crippen MR) is 172 cm³/mol. The number of thiazole rings is 1. The zero-order valence-electron chi connectivity index (χ0n) is 25.9. The molecule has 1 saturated heterocycles. The van der Waals surface area contributed by atoms with E-state index in [-0.39, 0.29) is 46.7 Å². The van der Waals surface area contributed by atoms with E-state index in [1.54, 1.807) is 11.8 Å². The highest BCUT2D eigenvalue weighted by atomic mass is 32.1. The van der Waals surface area contributed by atoms with Crippen molar-refractivity contribution in [3.63, 3.8) is 0 Å². The van der Waals surface area contributed by atoms with Crippen molar-refractivity contribution < 1.29 is 19.2 Å². The van der Waals surface area contributed by atoms with E-state index in [0.717, 1.165) is 26.7 Å². The number of aromatic amines is 1. The summed E-state index contributed by atoms with van der Waals surface area (Å²) in [5, 5.41) is 7.17. The molecule has 2 aromatic heterocycles. The Hall–Kier alpha value is -4.05. The van der Waals surface area contributed by atoms with Gasteiger partial charge in [-0.05, 0) is 73.3 Å². The largest absolute Gasteiger partial charge is 0.351 e. The summed E-state index contributed by atoms with van der Waals surface area (Å²) < 4.78 is 0.908. The number of nitrogens with one attached hydrogen (secondary N) is 3. The van der Waals surface area contributed by atoms with Crippen molar-refractivity contribution in [1.82, 2.24) is 25.5 Å². The number of likely N-dealkylation sites (tertiary alicyclic amines) is 1. The number of ketones is 1. The number of nitrogens with zero attached hydrogens (tertiary/aromatic N) is 2. The summed E-state index contributed by atoms with van der Waals surface area (Å²) in [4.78, 5) is 64.0. The first kappa shape index (κ1) is 30.0. The van der Waals surface area contributed by atoms with E-state index in [0.29, 0.717) is 23.7 Å². The lowest BCUT2D eigenvalue weighted by Gasteiger charge is -2.34. The van der Waals surface area contributed by atoms with Crippen molar-refractivity contribution in [2.45, 2.75) is 66.1 Å². The molecule has 2 aromatic carbocycles. The fourth-order valence-electron chi connectivity index (χ4n) is 6.90. The van der Waals surface area contributed by atoms with Crippen molar-refractivity contribution in [2.75, 3.05) is 6.54 Å². The second kappa shape index (κ2) is 11.1. The molecular formula is C34H39N5O4S. The average molecular weight is 614 g/mol. The van der Waals surface area contributed by atoms with Gasteiger partial charge in [-0.2, -0.15) is 0 Å². The van der Waals surface area contributed by atoms with E-state index in [1.807, 2.05) is 69.3 Å². The number of carbonyl (C=O) groups is 4. The third-order valence-electron chi connectivity index (χ3n) is 9.45. The van der Waals surface area contributed by atoms with E-state index in [9.17, 15) is 19.2 Å². The van der Waals surface area contributed by atoms with E-state index >= 15 is 0 Å². The number of Topliss-reactive ketones (excluding diaryl/α,β-unsaturated/α-hetero) is 1. The summed E-state index contributed by atoms with van der Waals surface area (Å²) in [7, 11) is 0. The minimum Gasteiger partial charge on any atom is -0.351 e. The van der Waals surface area contributed by atoms with Crippen LogP contribution in [0.15, 0.2) is 48.5 Å². The summed E-state index contributed by atoms with van der Waals surface area (Å²) in [6, 6.07) is 12.9. The lowest BCUT2D eigenvalue weighted by Crippen LogP contribution is -2.57. The number of carbonyl (C=O) groups excluding carboxylic acids is 4. The van der Waals surface area contributed by atoms with Crippen LogP contribution >= 0.6 is 11.3 Å². The van der Waals surface area contributed by atoms with Crippen LogP contribution in [0, 0.1) is 30.1 Å². The Balaban J connectivity index is 1.20. The molecule has 9 nitrogen and oxygen atoms in total. The molecule has 6 rings (SSSR count). The van der Waals surface area contributed by atoms with Gasteiger partial charge in [0.15, 0.2) is 5.01 Å². The van der Waals surface area contributed by atoms with Crippen molar-refractivity contribution in [1.29, 1.82) is 0 Å². The number of fused-ring (bicyclic) bond motifs is 3. The molecule has 4 aromatic rings. The molecule has 10 heteroatoms.